The van der Waals surface area contributed by atoms with E-state index in [1.54, 1.807) is 0 Å². The summed E-state index contributed by atoms with van der Waals surface area (Å²) in [6, 6.07) is 4.17. The minimum Gasteiger partial charge on any atom is -0.872 e. The van der Waals surface area contributed by atoms with Crippen LogP contribution in [0.3, 0.4) is 0 Å². The third kappa shape index (κ3) is 6.34. The first-order valence-electron chi connectivity index (χ1n) is 6.18. The van der Waals surface area contributed by atoms with E-state index in [0.29, 0.717) is 12.0 Å². The van der Waals surface area contributed by atoms with Crippen molar-refractivity contribution in [3.63, 3.8) is 0 Å². The van der Waals surface area contributed by atoms with Gasteiger partial charge < -0.3 is 10.2 Å². The maximum absolute atomic E-state index is 11.2. The number of hydrogen-bond acceptors (Lipinski definition) is 2. The molecule has 0 aliphatic carbocycles. The maximum atomic E-state index is 11.2. The van der Waals surface area contributed by atoms with Crippen LogP contribution in [0.15, 0.2) is 18.2 Å². The van der Waals surface area contributed by atoms with E-state index in [2.05, 4.69) is 6.92 Å². The van der Waals surface area contributed by atoms with Crippen LogP contribution in [-0.4, -0.2) is 11.1 Å². The zero-order valence-electron chi connectivity index (χ0n) is 11.2. The van der Waals surface area contributed by atoms with Gasteiger partial charge in [0, 0.05) is 0 Å². The van der Waals surface area contributed by atoms with Gasteiger partial charge in [0.1, 0.15) is 0 Å². The average Bonchev–Trinajstić information content (AvgIpc) is 2.28. The predicted octanol–water partition coefficient (Wildman–Crippen LogP) is -0.0247. The molecule has 0 saturated heterocycles. The number of hydrogen-bond donors (Lipinski definition) is 1. The Morgan fingerprint density at radius 1 is 1.22 bits per heavy atom. The second-order valence-electron chi connectivity index (χ2n) is 4.29. The molecular formula is C14H19KO3. The quantitative estimate of drug-likeness (QED) is 0.561. The summed E-state index contributed by atoms with van der Waals surface area (Å²) in [7, 11) is 0. The summed E-state index contributed by atoms with van der Waals surface area (Å²) in [5, 5.41) is 20.2. The number of rotatable bonds is 7. The SMILES string of the molecule is CCCCCCCc1cc([O-])ccc1C(=O)O.[K+]. The second kappa shape index (κ2) is 9.98. The normalized spacial score (nSPS) is 9.83. The molecule has 0 spiro atoms. The van der Waals surface area contributed by atoms with Crippen molar-refractivity contribution < 1.29 is 66.4 Å². The van der Waals surface area contributed by atoms with E-state index in [-0.39, 0.29) is 62.7 Å². The first-order valence-corrected chi connectivity index (χ1v) is 6.18. The fourth-order valence-corrected chi connectivity index (χ4v) is 1.90. The zero-order valence-corrected chi connectivity index (χ0v) is 14.4. The number of carboxylic acids is 1. The van der Waals surface area contributed by atoms with Crippen LogP contribution in [0, 0.1) is 0 Å². The van der Waals surface area contributed by atoms with Crippen LogP contribution >= 0.6 is 0 Å². The van der Waals surface area contributed by atoms with E-state index < -0.39 is 5.97 Å². The van der Waals surface area contributed by atoms with Gasteiger partial charge in [-0.25, -0.2) is 4.79 Å². The van der Waals surface area contributed by atoms with E-state index >= 15 is 0 Å². The Bertz CT molecular complexity index is 377. The number of aromatic carboxylic acids is 1. The van der Waals surface area contributed by atoms with Gasteiger partial charge in [-0.05, 0) is 24.5 Å². The fraction of sp³-hybridized carbons (Fsp3) is 0.500. The molecule has 0 bridgehead atoms. The van der Waals surface area contributed by atoms with Crippen molar-refractivity contribution in [3.05, 3.63) is 29.3 Å². The Morgan fingerprint density at radius 3 is 2.50 bits per heavy atom. The van der Waals surface area contributed by atoms with Crippen molar-refractivity contribution in [2.75, 3.05) is 0 Å². The Hall–Kier alpha value is 0.126. The summed E-state index contributed by atoms with van der Waals surface area (Å²) in [5.74, 6) is -1.06. The van der Waals surface area contributed by atoms with Crippen LogP contribution in [0.25, 0.3) is 0 Å². The topological polar surface area (TPSA) is 60.4 Å². The third-order valence-corrected chi connectivity index (χ3v) is 2.86. The predicted molar refractivity (Wildman–Crippen MR) is 65.3 cm³/mol. The van der Waals surface area contributed by atoms with E-state index in [9.17, 15) is 9.90 Å². The van der Waals surface area contributed by atoms with Crippen LogP contribution in [-0.2, 0) is 6.42 Å². The Labute approximate surface area is 151 Å². The van der Waals surface area contributed by atoms with Crippen molar-refractivity contribution in [2.45, 2.75) is 45.4 Å². The number of unbranched alkanes of at least 4 members (excludes halogenated alkanes) is 4. The minimum absolute atomic E-state index is 0. The maximum Gasteiger partial charge on any atom is 1.00 e. The van der Waals surface area contributed by atoms with Gasteiger partial charge in [-0.1, -0.05) is 44.7 Å². The molecule has 0 amide bonds. The van der Waals surface area contributed by atoms with Crippen molar-refractivity contribution in [2.24, 2.45) is 0 Å². The zero-order chi connectivity index (χ0) is 12.7. The Kier molecular flexibility index (Phi) is 10.0. The van der Waals surface area contributed by atoms with Crippen molar-refractivity contribution in [1.82, 2.24) is 0 Å². The number of aryl methyl sites for hydroxylation is 1. The largest absolute Gasteiger partial charge is 1.00 e. The first-order chi connectivity index (χ1) is 8.15. The van der Waals surface area contributed by atoms with Crippen LogP contribution < -0.4 is 56.5 Å². The molecule has 0 aromatic heterocycles. The smallest absolute Gasteiger partial charge is 0.872 e. The van der Waals surface area contributed by atoms with E-state index in [4.69, 9.17) is 5.11 Å². The molecule has 94 valence electrons. The summed E-state index contributed by atoms with van der Waals surface area (Å²) in [6.45, 7) is 2.16. The second-order valence-corrected chi connectivity index (χ2v) is 4.29. The van der Waals surface area contributed by atoms with Crippen molar-refractivity contribution in [1.29, 1.82) is 0 Å². The molecular weight excluding hydrogens is 255 g/mol. The molecule has 0 heterocycles. The van der Waals surface area contributed by atoms with E-state index in [1.807, 2.05) is 0 Å². The van der Waals surface area contributed by atoms with Crippen LogP contribution in [0.5, 0.6) is 5.75 Å². The fourth-order valence-electron chi connectivity index (χ4n) is 1.90. The minimum atomic E-state index is -0.950. The van der Waals surface area contributed by atoms with E-state index in [1.165, 1.54) is 37.5 Å². The Balaban J connectivity index is 0.00000289. The molecule has 0 aliphatic rings. The van der Waals surface area contributed by atoms with Gasteiger partial charge in [0.15, 0.2) is 0 Å². The molecule has 0 atom stereocenters. The van der Waals surface area contributed by atoms with Gasteiger partial charge in [-0.2, -0.15) is 0 Å². The van der Waals surface area contributed by atoms with Crippen LogP contribution in [0.2, 0.25) is 0 Å². The number of benzene rings is 1. The van der Waals surface area contributed by atoms with Crippen LogP contribution in [0.4, 0.5) is 0 Å². The molecule has 18 heavy (non-hydrogen) atoms. The van der Waals surface area contributed by atoms with Crippen molar-refractivity contribution in [3.8, 4) is 5.75 Å². The summed E-state index contributed by atoms with van der Waals surface area (Å²) in [5.41, 5.74) is 0.932. The van der Waals surface area contributed by atoms with Gasteiger partial charge in [0.25, 0.3) is 0 Å². The Morgan fingerprint density at radius 2 is 1.89 bits per heavy atom. The molecule has 0 fully saturated rings. The summed E-state index contributed by atoms with van der Waals surface area (Å²) in [4.78, 5) is 11.0. The summed E-state index contributed by atoms with van der Waals surface area (Å²) in [6.07, 6.45) is 6.31. The molecule has 0 unspecified atom stereocenters. The molecule has 0 radical (unpaired) electrons. The van der Waals surface area contributed by atoms with Gasteiger partial charge in [0.05, 0.1) is 5.56 Å². The molecule has 1 aromatic carbocycles. The summed E-state index contributed by atoms with van der Waals surface area (Å²) >= 11 is 0. The number of carbonyl (C=O) groups is 1. The van der Waals surface area contributed by atoms with Gasteiger partial charge >= 0.3 is 57.4 Å². The number of carboxylic acid groups (broad SMARTS) is 1. The molecule has 3 nitrogen and oxygen atoms in total. The molecule has 0 aliphatic heterocycles. The third-order valence-electron chi connectivity index (χ3n) is 2.86. The molecule has 4 heteroatoms. The molecule has 1 aromatic rings. The van der Waals surface area contributed by atoms with E-state index in [0.717, 1.165) is 12.8 Å². The average molecular weight is 274 g/mol. The van der Waals surface area contributed by atoms with Gasteiger partial charge in [-0.15, -0.1) is 5.75 Å². The molecule has 0 saturated carbocycles. The first kappa shape index (κ1) is 18.1. The van der Waals surface area contributed by atoms with Gasteiger partial charge in [-0.3, -0.25) is 0 Å². The standard InChI is InChI=1S/C14H20O3.K/c1-2-3-4-5-6-7-11-10-12(15)8-9-13(11)14(16)17;/h8-10,15H,2-7H2,1H3,(H,16,17);/q;+1/p-1. The van der Waals surface area contributed by atoms with Gasteiger partial charge in [0.2, 0.25) is 0 Å². The monoisotopic (exact) mass is 274 g/mol. The summed E-state index contributed by atoms with van der Waals surface area (Å²) < 4.78 is 0. The van der Waals surface area contributed by atoms with Crippen molar-refractivity contribution >= 4 is 5.97 Å². The molecule has 1 N–H and O–H groups in total. The molecule has 1 rings (SSSR count). The van der Waals surface area contributed by atoms with Crippen LogP contribution in [0.1, 0.15) is 54.9 Å².